The van der Waals surface area contributed by atoms with Crippen LogP contribution >= 0.6 is 0 Å². The van der Waals surface area contributed by atoms with Gasteiger partial charge in [0.2, 0.25) is 11.8 Å². The van der Waals surface area contributed by atoms with Crippen molar-refractivity contribution in [3.8, 4) is 5.75 Å². The fraction of sp³-hybridized carbons (Fsp3) is 0.111. The molecule has 1 heterocycles. The lowest BCUT2D eigenvalue weighted by Crippen LogP contribution is -2.58. The number of anilines is 2. The van der Waals surface area contributed by atoms with E-state index in [9.17, 15) is 24.0 Å². The fourth-order valence-electron chi connectivity index (χ4n) is 3.64. The molecule has 11 heteroatoms. The van der Waals surface area contributed by atoms with Crippen LogP contribution in [-0.2, 0) is 20.8 Å². The maximum atomic E-state index is 12.9. The molecule has 0 saturated carbocycles. The molecule has 4 rings (SSSR count). The molecule has 11 nitrogen and oxygen atoms in total. The number of carbonyl (C=O) groups excluding carboxylic acids is 5. The molecule has 1 aliphatic heterocycles. The molecular weight excluding hydrogens is 490 g/mol. The van der Waals surface area contributed by atoms with E-state index in [1.807, 2.05) is 30.3 Å². The predicted molar refractivity (Wildman–Crippen MR) is 139 cm³/mol. The Morgan fingerprint density at radius 1 is 1.00 bits per heavy atom. The highest BCUT2D eigenvalue weighted by Gasteiger charge is 2.40. The van der Waals surface area contributed by atoms with Gasteiger partial charge in [0.1, 0.15) is 5.75 Å². The topological polar surface area (TPSA) is 146 Å². The number of hydrazone groups is 1. The molecule has 1 atom stereocenters. The summed E-state index contributed by atoms with van der Waals surface area (Å²) in [6.45, 7) is 0. The first-order valence-corrected chi connectivity index (χ1v) is 11.5. The molecule has 1 saturated heterocycles. The van der Waals surface area contributed by atoms with E-state index in [0.717, 1.165) is 16.7 Å². The van der Waals surface area contributed by atoms with Gasteiger partial charge in [0.15, 0.2) is 5.92 Å². The average molecular weight is 514 g/mol. The molecule has 3 aromatic rings. The van der Waals surface area contributed by atoms with Gasteiger partial charge in [-0.15, -0.1) is 0 Å². The van der Waals surface area contributed by atoms with Gasteiger partial charge >= 0.3 is 6.03 Å². The van der Waals surface area contributed by atoms with E-state index >= 15 is 0 Å². The Kier molecular flexibility index (Phi) is 7.87. The zero-order valence-corrected chi connectivity index (χ0v) is 20.2. The third-order valence-electron chi connectivity index (χ3n) is 5.54. The van der Waals surface area contributed by atoms with Crippen molar-refractivity contribution in [3.63, 3.8) is 0 Å². The first kappa shape index (κ1) is 25.8. The highest BCUT2D eigenvalue weighted by molar-refractivity contribution is 6.32. The second-order valence-corrected chi connectivity index (χ2v) is 8.15. The normalized spacial score (nSPS) is 15.2. The summed E-state index contributed by atoms with van der Waals surface area (Å²) in [7, 11) is 1.44. The smallest absolute Gasteiger partial charge is 0.335 e. The number of hydrogen-bond acceptors (Lipinski definition) is 7. The summed E-state index contributed by atoms with van der Waals surface area (Å²) in [6, 6.07) is 20.7. The number of urea groups is 1. The Bertz CT molecular complexity index is 1400. The molecule has 0 unspecified atom stereocenters. The van der Waals surface area contributed by atoms with Gasteiger partial charge in [-0.3, -0.25) is 24.5 Å². The van der Waals surface area contributed by atoms with Crippen LogP contribution in [0.2, 0.25) is 0 Å². The molecular formula is C27H23N5O6. The van der Waals surface area contributed by atoms with Crippen molar-refractivity contribution >= 4 is 47.2 Å². The van der Waals surface area contributed by atoms with E-state index in [0.29, 0.717) is 11.4 Å². The van der Waals surface area contributed by atoms with Crippen LogP contribution < -0.4 is 25.7 Å². The number of hydrogen-bond donors (Lipinski definition) is 3. The van der Waals surface area contributed by atoms with Crippen molar-refractivity contribution in [2.45, 2.75) is 6.42 Å². The number of methoxy groups -OCH3 is 1. The minimum atomic E-state index is -1.44. The number of barbiturate groups is 1. The standard InChI is InChI=1S/C27H23N5O6/c1-38-21-9-5-8-20(15-21)32-26(36)22(25(35)30-27(32)37)16-28-31-24(34)18-10-12-19(13-11-18)29-23(33)14-17-6-3-2-4-7-17/h2-13,15-16,22H,14H2,1H3,(H,29,33)(H,31,34)(H,30,35,37)/b28-16-/t22-/m0/s1. The van der Waals surface area contributed by atoms with Crippen LogP contribution in [0, 0.1) is 5.92 Å². The second kappa shape index (κ2) is 11.6. The first-order chi connectivity index (χ1) is 18.4. The summed E-state index contributed by atoms with van der Waals surface area (Å²) in [6.07, 6.45) is 1.17. The molecule has 192 valence electrons. The summed E-state index contributed by atoms with van der Waals surface area (Å²) >= 11 is 0. The van der Waals surface area contributed by atoms with E-state index in [1.54, 1.807) is 24.3 Å². The molecule has 3 aromatic carbocycles. The zero-order valence-electron chi connectivity index (χ0n) is 20.2. The van der Waals surface area contributed by atoms with E-state index in [-0.39, 0.29) is 23.6 Å². The number of ether oxygens (including phenoxy) is 1. The van der Waals surface area contributed by atoms with E-state index in [1.165, 1.54) is 31.4 Å². The van der Waals surface area contributed by atoms with E-state index in [2.05, 4.69) is 21.2 Å². The van der Waals surface area contributed by atoms with Crippen molar-refractivity contribution < 1.29 is 28.7 Å². The second-order valence-electron chi connectivity index (χ2n) is 8.15. The number of carbonyl (C=O) groups is 5. The van der Waals surface area contributed by atoms with Crippen molar-refractivity contribution in [3.05, 3.63) is 90.0 Å². The summed E-state index contributed by atoms with van der Waals surface area (Å²) in [5.41, 5.74) is 4.08. The highest BCUT2D eigenvalue weighted by atomic mass is 16.5. The van der Waals surface area contributed by atoms with Crippen molar-refractivity contribution in [2.24, 2.45) is 11.0 Å². The quantitative estimate of drug-likeness (QED) is 0.240. The lowest BCUT2D eigenvalue weighted by molar-refractivity contribution is -0.131. The number of imide groups is 2. The summed E-state index contributed by atoms with van der Waals surface area (Å²) in [5.74, 6) is -3.53. The Morgan fingerprint density at radius 2 is 1.74 bits per heavy atom. The van der Waals surface area contributed by atoms with Gasteiger partial charge in [-0.25, -0.2) is 15.1 Å². The number of amides is 6. The van der Waals surface area contributed by atoms with Gasteiger partial charge < -0.3 is 10.1 Å². The van der Waals surface area contributed by atoms with E-state index < -0.39 is 29.7 Å². The number of benzene rings is 3. The Balaban J connectivity index is 1.36. The molecule has 0 aromatic heterocycles. The van der Waals surface area contributed by atoms with Gasteiger partial charge in [-0.05, 0) is 42.0 Å². The van der Waals surface area contributed by atoms with Crippen LogP contribution in [0.3, 0.4) is 0 Å². The number of rotatable bonds is 8. The number of nitrogens with zero attached hydrogens (tertiary/aromatic N) is 2. The van der Waals surface area contributed by atoms with Crippen molar-refractivity contribution in [2.75, 3.05) is 17.3 Å². The predicted octanol–water partition coefficient (Wildman–Crippen LogP) is 2.49. The lowest BCUT2D eigenvalue weighted by atomic mass is 10.1. The molecule has 0 spiro atoms. The minimum absolute atomic E-state index is 0.199. The van der Waals surface area contributed by atoms with Gasteiger partial charge in [-0.2, -0.15) is 5.10 Å². The van der Waals surface area contributed by atoms with Crippen LogP contribution in [0.1, 0.15) is 15.9 Å². The maximum Gasteiger partial charge on any atom is 0.335 e. The average Bonchev–Trinajstić information content (AvgIpc) is 2.91. The summed E-state index contributed by atoms with van der Waals surface area (Å²) in [5, 5.41) is 8.60. The van der Waals surface area contributed by atoms with Crippen LogP contribution in [0.25, 0.3) is 0 Å². The van der Waals surface area contributed by atoms with Crippen LogP contribution in [0.15, 0.2) is 84.0 Å². The van der Waals surface area contributed by atoms with Crippen LogP contribution in [-0.4, -0.2) is 43.0 Å². The van der Waals surface area contributed by atoms with Gasteiger partial charge in [-0.1, -0.05) is 36.4 Å². The molecule has 0 radical (unpaired) electrons. The highest BCUT2D eigenvalue weighted by Crippen LogP contribution is 2.24. The minimum Gasteiger partial charge on any atom is -0.497 e. The molecule has 1 fully saturated rings. The molecule has 0 aliphatic carbocycles. The molecule has 38 heavy (non-hydrogen) atoms. The largest absolute Gasteiger partial charge is 0.497 e. The lowest BCUT2D eigenvalue weighted by Gasteiger charge is -2.28. The van der Waals surface area contributed by atoms with Crippen LogP contribution in [0.4, 0.5) is 16.2 Å². The van der Waals surface area contributed by atoms with Gasteiger partial charge in [0.05, 0.1) is 19.2 Å². The van der Waals surface area contributed by atoms with Crippen molar-refractivity contribution in [1.82, 2.24) is 10.7 Å². The van der Waals surface area contributed by atoms with Gasteiger partial charge in [0, 0.05) is 23.5 Å². The molecule has 6 amide bonds. The maximum absolute atomic E-state index is 12.9. The Labute approximate surface area is 217 Å². The third-order valence-corrected chi connectivity index (χ3v) is 5.54. The summed E-state index contributed by atoms with van der Waals surface area (Å²) < 4.78 is 5.12. The zero-order chi connectivity index (χ0) is 27.1. The van der Waals surface area contributed by atoms with Crippen molar-refractivity contribution in [1.29, 1.82) is 0 Å². The van der Waals surface area contributed by atoms with Gasteiger partial charge in [0.25, 0.3) is 11.8 Å². The first-order valence-electron chi connectivity index (χ1n) is 11.5. The molecule has 1 aliphatic rings. The summed E-state index contributed by atoms with van der Waals surface area (Å²) in [4.78, 5) is 62.9. The SMILES string of the molecule is COc1cccc(N2C(=O)NC(=O)[C@H](/C=N\NC(=O)c3ccc(NC(=O)Cc4ccccc4)cc3)C2=O)c1. The molecule has 0 bridgehead atoms. The monoisotopic (exact) mass is 513 g/mol. The van der Waals surface area contributed by atoms with E-state index in [4.69, 9.17) is 4.74 Å². The Morgan fingerprint density at radius 3 is 2.45 bits per heavy atom. The Hall–Kier alpha value is -5.32. The molecule has 3 N–H and O–H groups in total. The fourth-order valence-corrected chi connectivity index (χ4v) is 3.64. The third kappa shape index (κ3) is 6.08. The van der Waals surface area contributed by atoms with Crippen LogP contribution in [0.5, 0.6) is 5.75 Å². The number of nitrogens with one attached hydrogen (secondary N) is 3.